The van der Waals surface area contributed by atoms with Crippen LogP contribution in [0.3, 0.4) is 0 Å². The first-order valence-electron chi connectivity index (χ1n) is 13.4. The number of hydrogen-bond acceptors (Lipinski definition) is 11. The van der Waals surface area contributed by atoms with E-state index in [1.807, 2.05) is 0 Å². The van der Waals surface area contributed by atoms with E-state index in [1.54, 1.807) is 18.2 Å². The normalized spacial score (nSPS) is 23.3. The maximum Gasteiger partial charge on any atom is 0.330 e. The van der Waals surface area contributed by atoms with E-state index < -0.39 is 76.5 Å². The summed E-state index contributed by atoms with van der Waals surface area (Å²) in [6.07, 6.45) is -0.0767. The second-order valence-electron chi connectivity index (χ2n) is 10.8. The Kier molecular flexibility index (Phi) is 8.26. The van der Waals surface area contributed by atoms with Crippen molar-refractivity contribution in [3.8, 4) is 16.9 Å². The second kappa shape index (κ2) is 11.7. The van der Waals surface area contributed by atoms with Gasteiger partial charge in [-0.25, -0.2) is 4.79 Å². The molecule has 0 radical (unpaired) electrons. The highest BCUT2D eigenvalue weighted by Gasteiger charge is 2.62. The van der Waals surface area contributed by atoms with Crippen molar-refractivity contribution in [2.75, 3.05) is 13.7 Å². The quantitative estimate of drug-likeness (QED) is 0.137. The molecule has 44 heavy (non-hydrogen) atoms. The number of phenolic OH excluding ortho intramolecular Hbond substituents is 1. The summed E-state index contributed by atoms with van der Waals surface area (Å²) >= 11 is 1.41. The molecule has 1 fully saturated rings. The second-order valence-corrected chi connectivity index (χ2v) is 11.2. The SMILES string of the molecule is COC(=O)C(CO)NC(=O)c1cccc(-c2ccc(O)c3c2C[C@H]2C[C@H]4CC(=O)C(C(N)=O)=C(O)[C@@]4(OI)C(=O)C2=C3O)c1. The van der Waals surface area contributed by atoms with Gasteiger partial charge in [-0.3, -0.25) is 22.2 Å². The molecular weight excluding hydrogens is 691 g/mol. The smallest absolute Gasteiger partial charge is 0.330 e. The number of amides is 2. The number of primary amides is 1. The molecule has 4 atom stereocenters. The highest BCUT2D eigenvalue weighted by molar-refractivity contribution is 14.1. The van der Waals surface area contributed by atoms with E-state index in [2.05, 4.69) is 10.1 Å². The van der Waals surface area contributed by atoms with Crippen molar-refractivity contribution in [2.45, 2.75) is 30.9 Å². The number of aromatic hydroxyl groups is 1. The Balaban J connectivity index is 1.60. The van der Waals surface area contributed by atoms with Gasteiger partial charge in [0.25, 0.3) is 11.8 Å². The van der Waals surface area contributed by atoms with Crippen molar-refractivity contribution >= 4 is 58.1 Å². The van der Waals surface area contributed by atoms with Gasteiger partial charge in [0.15, 0.2) is 11.8 Å². The maximum absolute atomic E-state index is 14.0. The van der Waals surface area contributed by atoms with Crippen molar-refractivity contribution in [1.29, 1.82) is 0 Å². The zero-order valence-corrected chi connectivity index (χ0v) is 25.3. The van der Waals surface area contributed by atoms with Crippen molar-refractivity contribution < 1.29 is 52.2 Å². The van der Waals surface area contributed by atoms with E-state index in [-0.39, 0.29) is 41.7 Å². The summed E-state index contributed by atoms with van der Waals surface area (Å²) in [4.78, 5) is 63.5. The average Bonchev–Trinajstić information content (AvgIpc) is 2.99. The number of carbonyl (C=O) groups excluding carboxylic acids is 5. The molecule has 14 heteroatoms. The number of Topliss-reactive ketones (excluding diaryl/α,β-unsaturated/α-hetero) is 2. The van der Waals surface area contributed by atoms with Crippen LogP contribution in [0, 0.1) is 11.8 Å². The van der Waals surface area contributed by atoms with Gasteiger partial charge in [-0.2, -0.15) is 0 Å². The first-order valence-corrected chi connectivity index (χ1v) is 14.3. The molecule has 0 bridgehead atoms. The predicted octanol–water partition coefficient (Wildman–Crippen LogP) is 1.73. The minimum absolute atomic E-state index is 0.0319. The van der Waals surface area contributed by atoms with E-state index in [4.69, 9.17) is 8.80 Å². The Labute approximate surface area is 264 Å². The minimum Gasteiger partial charge on any atom is -0.508 e. The number of halogens is 1. The molecule has 0 saturated heterocycles. The number of esters is 1. The zero-order valence-electron chi connectivity index (χ0n) is 23.1. The number of rotatable bonds is 7. The molecule has 7 N–H and O–H groups in total. The number of aliphatic hydroxyl groups excluding tert-OH is 3. The molecule has 2 aromatic rings. The van der Waals surface area contributed by atoms with Crippen LogP contribution < -0.4 is 11.1 Å². The molecule has 0 heterocycles. The van der Waals surface area contributed by atoms with Crippen LogP contribution in [0.15, 0.2) is 53.3 Å². The molecule has 3 aliphatic rings. The van der Waals surface area contributed by atoms with Gasteiger partial charge in [0, 0.05) is 23.5 Å². The first kappa shape index (κ1) is 31.2. The van der Waals surface area contributed by atoms with Crippen molar-refractivity contribution in [3.63, 3.8) is 0 Å². The van der Waals surface area contributed by atoms with Gasteiger partial charge in [-0.15, -0.1) is 0 Å². The molecule has 3 aliphatic carbocycles. The molecule has 230 valence electrons. The fraction of sp³-hybridized carbons (Fsp3) is 0.300. The molecule has 0 aromatic heterocycles. The fourth-order valence-electron chi connectivity index (χ4n) is 6.40. The molecular formula is C30H27IN2O11. The average molecular weight is 718 g/mol. The summed E-state index contributed by atoms with van der Waals surface area (Å²) in [6.45, 7) is -0.675. The highest BCUT2D eigenvalue weighted by Crippen LogP contribution is 2.54. The number of methoxy groups -OCH3 is 1. The molecule has 2 amide bonds. The Morgan fingerprint density at radius 2 is 1.86 bits per heavy atom. The summed E-state index contributed by atoms with van der Waals surface area (Å²) in [6, 6.07) is 7.94. The lowest BCUT2D eigenvalue weighted by Gasteiger charge is -2.47. The number of benzene rings is 2. The van der Waals surface area contributed by atoms with E-state index in [9.17, 15) is 44.4 Å². The van der Waals surface area contributed by atoms with Gasteiger partial charge in [-0.1, -0.05) is 18.2 Å². The number of ether oxygens (including phenoxy) is 1. The van der Waals surface area contributed by atoms with Gasteiger partial charge in [0.2, 0.25) is 11.4 Å². The molecule has 1 saturated carbocycles. The molecule has 13 nitrogen and oxygen atoms in total. The molecule has 5 rings (SSSR count). The standard InChI is InChI=1S/C30H27IN2O11/c1-43-29(42)18(11-34)33-28(41)13-4-2-3-12(7-13)16-5-6-19(35)22-17(16)9-14-8-15-10-20(36)23(27(32)40)26(39)30(15,44-31)25(38)21(14)24(22)37/h2-7,14-15,18,34-35,37,39H,8-11H2,1H3,(H2,32,40)(H,33,41)/t14-,15+,18?,30+/m1/s1. The summed E-state index contributed by atoms with van der Waals surface area (Å²) in [5, 5.41) is 45.2. The van der Waals surface area contributed by atoms with E-state index >= 15 is 0 Å². The van der Waals surface area contributed by atoms with Crippen LogP contribution in [0.2, 0.25) is 0 Å². The number of nitrogens with two attached hydrogens (primary N) is 1. The summed E-state index contributed by atoms with van der Waals surface area (Å²) in [7, 11) is 1.12. The first-order chi connectivity index (χ1) is 20.9. The van der Waals surface area contributed by atoms with Gasteiger partial charge < -0.3 is 36.2 Å². The maximum atomic E-state index is 14.0. The molecule has 2 aromatic carbocycles. The Morgan fingerprint density at radius 1 is 1.14 bits per heavy atom. The van der Waals surface area contributed by atoms with Crippen LogP contribution in [0.25, 0.3) is 16.9 Å². The zero-order chi connectivity index (χ0) is 32.1. The lowest BCUT2D eigenvalue weighted by molar-refractivity contribution is -0.144. The van der Waals surface area contributed by atoms with Crippen LogP contribution >= 0.6 is 23.0 Å². The van der Waals surface area contributed by atoms with Crippen molar-refractivity contribution in [2.24, 2.45) is 17.6 Å². The highest BCUT2D eigenvalue weighted by atomic mass is 127. The lowest BCUT2D eigenvalue weighted by Crippen LogP contribution is -2.58. The lowest BCUT2D eigenvalue weighted by atomic mass is 9.59. The van der Waals surface area contributed by atoms with E-state index in [1.165, 1.54) is 41.2 Å². The van der Waals surface area contributed by atoms with Crippen LogP contribution in [0.5, 0.6) is 5.75 Å². The fourth-order valence-corrected chi connectivity index (χ4v) is 7.17. The third-order valence-electron chi connectivity index (χ3n) is 8.44. The number of carbonyl (C=O) groups is 5. The molecule has 0 aliphatic heterocycles. The Hall–Kier alpha value is -4.28. The van der Waals surface area contributed by atoms with E-state index in [0.717, 1.165) is 7.11 Å². The van der Waals surface area contributed by atoms with Gasteiger partial charge >= 0.3 is 5.97 Å². The third kappa shape index (κ3) is 4.73. The number of ketones is 2. The number of aliphatic hydroxyl groups is 3. The summed E-state index contributed by atoms with van der Waals surface area (Å²) in [5.41, 5.74) is 3.94. The minimum atomic E-state index is -2.14. The number of phenols is 1. The summed E-state index contributed by atoms with van der Waals surface area (Å²) < 4.78 is 10.1. The topological polar surface area (TPSA) is 223 Å². The van der Waals surface area contributed by atoms with Crippen molar-refractivity contribution in [1.82, 2.24) is 5.32 Å². The third-order valence-corrected chi connectivity index (χ3v) is 9.14. The van der Waals surface area contributed by atoms with Gasteiger partial charge in [0.05, 0.1) is 19.3 Å². The van der Waals surface area contributed by atoms with E-state index in [0.29, 0.717) is 16.7 Å². The Morgan fingerprint density at radius 3 is 2.50 bits per heavy atom. The molecule has 0 spiro atoms. The number of nitrogens with one attached hydrogen (secondary N) is 1. The predicted molar refractivity (Wildman–Crippen MR) is 160 cm³/mol. The van der Waals surface area contributed by atoms with Crippen LogP contribution in [-0.2, 0) is 33.4 Å². The number of fused-ring (bicyclic) bond motifs is 3. The number of hydrogen-bond donors (Lipinski definition) is 6. The summed E-state index contributed by atoms with van der Waals surface area (Å²) in [5.74, 6) is -7.60. The molecule has 1 unspecified atom stereocenters. The largest absolute Gasteiger partial charge is 0.508 e. The monoisotopic (exact) mass is 718 g/mol. The van der Waals surface area contributed by atoms with Crippen molar-refractivity contribution in [3.05, 3.63) is 70.0 Å². The van der Waals surface area contributed by atoms with Gasteiger partial charge in [0.1, 0.15) is 45.8 Å². The van der Waals surface area contributed by atoms with Gasteiger partial charge in [-0.05, 0) is 53.6 Å². The van der Waals surface area contributed by atoms with Crippen LogP contribution in [0.1, 0.15) is 34.3 Å². The van der Waals surface area contributed by atoms with Crippen LogP contribution in [0.4, 0.5) is 0 Å². The Bertz CT molecular complexity index is 1700. The van der Waals surface area contributed by atoms with Crippen LogP contribution in [-0.4, -0.2) is 75.1 Å².